The Morgan fingerprint density at radius 1 is 1.12 bits per heavy atom. The Labute approximate surface area is 248 Å². The van der Waals surface area contributed by atoms with Gasteiger partial charge in [-0.25, -0.2) is 9.78 Å². The number of hydrogen-bond acceptors (Lipinski definition) is 8. The number of benzene rings is 2. The van der Waals surface area contributed by atoms with Crippen LogP contribution in [0.1, 0.15) is 55.5 Å². The molecule has 2 aliphatic heterocycles. The molecule has 41 heavy (non-hydrogen) atoms. The maximum absolute atomic E-state index is 13.2. The van der Waals surface area contributed by atoms with E-state index in [0.29, 0.717) is 34.5 Å². The Kier molecular flexibility index (Phi) is 8.15. The quantitative estimate of drug-likeness (QED) is 0.347. The average molecular weight is 601 g/mol. The van der Waals surface area contributed by atoms with Gasteiger partial charge in [-0.05, 0) is 63.3 Å². The molecule has 0 aliphatic carbocycles. The van der Waals surface area contributed by atoms with Gasteiger partial charge in [0.1, 0.15) is 16.9 Å². The lowest BCUT2D eigenvalue weighted by atomic mass is 9.88. The minimum absolute atomic E-state index is 0.0962. The second kappa shape index (κ2) is 11.6. The summed E-state index contributed by atoms with van der Waals surface area (Å²) in [6.07, 6.45) is 2.74. The number of aromatic nitrogens is 2. The number of fused-ring (bicyclic) bond motifs is 1. The fourth-order valence-corrected chi connectivity index (χ4v) is 5.48. The third-order valence-electron chi connectivity index (χ3n) is 6.84. The summed E-state index contributed by atoms with van der Waals surface area (Å²) in [6, 6.07) is 10.8. The van der Waals surface area contributed by atoms with E-state index in [4.69, 9.17) is 37.4 Å². The summed E-state index contributed by atoms with van der Waals surface area (Å²) in [5.41, 5.74) is 1.83. The molecule has 0 radical (unpaired) electrons. The van der Waals surface area contributed by atoms with Crippen molar-refractivity contribution in [1.82, 2.24) is 14.9 Å². The fraction of sp³-hybridized carbons (Fsp3) is 0.379. The van der Waals surface area contributed by atoms with Gasteiger partial charge in [-0.1, -0.05) is 35.3 Å². The first-order valence-electron chi connectivity index (χ1n) is 13.2. The maximum atomic E-state index is 13.2. The van der Waals surface area contributed by atoms with Crippen LogP contribution in [0.2, 0.25) is 10.0 Å². The van der Waals surface area contributed by atoms with Crippen molar-refractivity contribution in [3.05, 3.63) is 63.8 Å². The molecule has 10 nitrogen and oxygen atoms in total. The highest BCUT2D eigenvalue weighted by atomic mass is 35.5. The zero-order valence-electron chi connectivity index (χ0n) is 23.2. The summed E-state index contributed by atoms with van der Waals surface area (Å²) < 4.78 is 17.0. The summed E-state index contributed by atoms with van der Waals surface area (Å²) >= 11 is 12.6. The molecule has 1 fully saturated rings. The lowest BCUT2D eigenvalue weighted by Gasteiger charge is -2.34. The van der Waals surface area contributed by atoms with E-state index in [1.54, 1.807) is 30.2 Å². The third-order valence-corrected chi connectivity index (χ3v) is 7.45. The van der Waals surface area contributed by atoms with Crippen LogP contribution < -0.4 is 19.7 Å². The van der Waals surface area contributed by atoms with Crippen molar-refractivity contribution >= 4 is 52.5 Å². The topological polar surface area (TPSA) is 106 Å². The number of carbonyl (C=O) groups excluding carboxylic acids is 2. The van der Waals surface area contributed by atoms with Crippen molar-refractivity contribution in [1.29, 1.82) is 0 Å². The van der Waals surface area contributed by atoms with Gasteiger partial charge in [0.15, 0.2) is 6.73 Å². The fourth-order valence-electron chi connectivity index (χ4n) is 4.88. The van der Waals surface area contributed by atoms with Crippen molar-refractivity contribution in [2.45, 2.75) is 45.1 Å². The molecule has 2 amide bonds. The van der Waals surface area contributed by atoms with Crippen LogP contribution in [0.3, 0.4) is 0 Å². The molecule has 5 rings (SSSR count). The number of ether oxygens (including phenoxy) is 3. The summed E-state index contributed by atoms with van der Waals surface area (Å²) in [5, 5.41) is 3.83. The van der Waals surface area contributed by atoms with Gasteiger partial charge in [0.25, 0.3) is 5.91 Å². The molecular formula is C29H31Cl2N5O5. The molecule has 0 saturated carbocycles. The highest BCUT2D eigenvalue weighted by Gasteiger charge is 2.32. The van der Waals surface area contributed by atoms with Crippen LogP contribution in [0, 0.1) is 0 Å². The second-order valence-corrected chi connectivity index (χ2v) is 11.6. The Balaban J connectivity index is 1.26. The average Bonchev–Trinajstić information content (AvgIpc) is 2.93. The highest BCUT2D eigenvalue weighted by molar-refractivity contribution is 6.40. The summed E-state index contributed by atoms with van der Waals surface area (Å²) in [6.45, 7) is 6.74. The van der Waals surface area contributed by atoms with E-state index in [1.165, 1.54) is 11.1 Å². The van der Waals surface area contributed by atoms with E-state index in [-0.39, 0.29) is 42.0 Å². The number of methoxy groups -OCH3 is 1. The maximum Gasteiger partial charge on any atom is 0.410 e. The molecule has 12 heteroatoms. The van der Waals surface area contributed by atoms with Crippen LogP contribution in [0.5, 0.6) is 11.6 Å². The standard InChI is InChI=1S/C29H31Cl2N5O5/c1-29(2,3)41-28(38)35-12-10-17(11-13-35)19-9-8-18(14-23(19)39-4)33-27-32-15-20-25(34-27)40-16-36(26(20)37)24-21(30)6-5-7-22(24)31/h5-9,14-15,17H,10-13,16H2,1-4H3,(H,32,33,34). The molecule has 1 saturated heterocycles. The number of anilines is 3. The van der Waals surface area contributed by atoms with Crippen LogP contribution in [0.4, 0.5) is 22.1 Å². The number of carbonyl (C=O) groups is 2. The van der Waals surface area contributed by atoms with E-state index in [2.05, 4.69) is 15.3 Å². The summed E-state index contributed by atoms with van der Waals surface area (Å²) in [7, 11) is 1.63. The number of nitrogens with zero attached hydrogens (tertiary/aromatic N) is 4. The van der Waals surface area contributed by atoms with E-state index in [0.717, 1.165) is 24.2 Å². The monoisotopic (exact) mass is 599 g/mol. The normalized spacial score (nSPS) is 15.7. The van der Waals surface area contributed by atoms with Crippen molar-refractivity contribution in [3.8, 4) is 11.6 Å². The van der Waals surface area contributed by atoms with Crippen LogP contribution in [0.25, 0.3) is 0 Å². The smallest absolute Gasteiger partial charge is 0.410 e. The van der Waals surface area contributed by atoms with E-state index in [9.17, 15) is 9.59 Å². The Hall–Kier alpha value is -3.76. The van der Waals surface area contributed by atoms with Gasteiger partial charge in [0.2, 0.25) is 11.8 Å². The molecule has 0 spiro atoms. The van der Waals surface area contributed by atoms with Gasteiger partial charge in [0, 0.05) is 31.0 Å². The molecular weight excluding hydrogens is 569 g/mol. The predicted octanol–water partition coefficient (Wildman–Crippen LogP) is 6.65. The molecule has 216 valence electrons. The van der Waals surface area contributed by atoms with Gasteiger partial charge in [-0.15, -0.1) is 0 Å². The van der Waals surface area contributed by atoms with Gasteiger partial charge in [-0.3, -0.25) is 9.69 Å². The minimum Gasteiger partial charge on any atom is -0.496 e. The van der Waals surface area contributed by atoms with Crippen molar-refractivity contribution in [2.24, 2.45) is 0 Å². The number of nitrogens with one attached hydrogen (secondary N) is 1. The second-order valence-electron chi connectivity index (χ2n) is 10.8. The van der Waals surface area contributed by atoms with Crippen molar-refractivity contribution < 1.29 is 23.8 Å². The van der Waals surface area contributed by atoms with E-state index >= 15 is 0 Å². The zero-order valence-corrected chi connectivity index (χ0v) is 24.8. The first-order valence-corrected chi connectivity index (χ1v) is 14.0. The molecule has 3 aromatic rings. The number of hydrogen-bond donors (Lipinski definition) is 1. The van der Waals surface area contributed by atoms with Gasteiger partial charge < -0.3 is 24.4 Å². The van der Waals surface area contributed by atoms with Crippen LogP contribution in [-0.2, 0) is 4.74 Å². The Morgan fingerprint density at radius 2 is 1.83 bits per heavy atom. The van der Waals surface area contributed by atoms with Gasteiger partial charge in [-0.2, -0.15) is 4.98 Å². The molecule has 0 unspecified atom stereocenters. The van der Waals surface area contributed by atoms with Crippen LogP contribution in [0.15, 0.2) is 42.6 Å². The number of piperidine rings is 1. The zero-order chi connectivity index (χ0) is 29.3. The molecule has 0 atom stereocenters. The third kappa shape index (κ3) is 6.28. The van der Waals surface area contributed by atoms with Crippen molar-refractivity contribution in [2.75, 3.05) is 37.1 Å². The molecule has 3 heterocycles. The predicted molar refractivity (Wildman–Crippen MR) is 157 cm³/mol. The summed E-state index contributed by atoms with van der Waals surface area (Å²) in [5.74, 6) is 1.03. The number of likely N-dealkylation sites (tertiary alicyclic amines) is 1. The first-order chi connectivity index (χ1) is 19.5. The van der Waals surface area contributed by atoms with E-state index in [1.807, 2.05) is 39.0 Å². The lowest BCUT2D eigenvalue weighted by molar-refractivity contribution is 0.0204. The van der Waals surface area contributed by atoms with Crippen LogP contribution >= 0.6 is 23.2 Å². The Bertz CT molecular complexity index is 1450. The van der Waals surface area contributed by atoms with Crippen molar-refractivity contribution in [3.63, 3.8) is 0 Å². The number of amides is 2. The Morgan fingerprint density at radius 3 is 2.49 bits per heavy atom. The van der Waals surface area contributed by atoms with Gasteiger partial charge >= 0.3 is 6.09 Å². The number of para-hydroxylation sites is 1. The number of halogens is 2. The minimum atomic E-state index is -0.519. The SMILES string of the molecule is COc1cc(Nc2ncc3c(n2)OCN(c2c(Cl)cccc2Cl)C3=O)ccc1C1CCN(C(=O)OC(C)(C)C)CC1. The molecule has 2 aromatic carbocycles. The largest absolute Gasteiger partial charge is 0.496 e. The molecule has 1 aromatic heterocycles. The van der Waals surface area contributed by atoms with Gasteiger partial charge in [0.05, 0.1) is 22.8 Å². The van der Waals surface area contributed by atoms with E-state index < -0.39 is 5.60 Å². The highest BCUT2D eigenvalue weighted by Crippen LogP contribution is 2.38. The summed E-state index contributed by atoms with van der Waals surface area (Å²) in [4.78, 5) is 37.4. The first kappa shape index (κ1) is 28.8. The molecule has 1 N–H and O–H groups in total. The van der Waals surface area contributed by atoms with Crippen LogP contribution in [-0.4, -0.2) is 59.4 Å². The lowest BCUT2D eigenvalue weighted by Crippen LogP contribution is -2.41. The molecule has 0 bridgehead atoms. The number of rotatable bonds is 5. The molecule has 2 aliphatic rings.